The van der Waals surface area contributed by atoms with Crippen LogP contribution in [0, 0.1) is 18.8 Å². The minimum atomic E-state index is -0.575. The molecular weight excluding hydrogens is 474 g/mol. The summed E-state index contributed by atoms with van der Waals surface area (Å²) in [5.41, 5.74) is 4.02. The van der Waals surface area contributed by atoms with Gasteiger partial charge in [-0.1, -0.05) is 35.7 Å². The van der Waals surface area contributed by atoms with Crippen molar-refractivity contribution in [3.63, 3.8) is 0 Å². The third-order valence-corrected chi connectivity index (χ3v) is 6.07. The molecule has 1 saturated carbocycles. The normalized spacial score (nSPS) is 12.7. The van der Waals surface area contributed by atoms with Gasteiger partial charge in [0.05, 0.1) is 11.4 Å². The number of hydrogen-bond donors (Lipinski definition) is 2. The highest BCUT2D eigenvalue weighted by Crippen LogP contribution is 2.28. The number of halogens is 1. The lowest BCUT2D eigenvalue weighted by molar-refractivity contribution is -0.191. The van der Waals surface area contributed by atoms with Crippen LogP contribution in [0.4, 0.5) is 16.2 Å². The molecule has 1 aliphatic rings. The molecule has 1 aromatic heterocycles. The van der Waals surface area contributed by atoms with Crippen LogP contribution in [0.1, 0.15) is 47.6 Å². The number of nitrogens with zero attached hydrogens (tertiary/aromatic N) is 1. The van der Waals surface area contributed by atoms with Crippen LogP contribution in [0.15, 0.2) is 48.5 Å². The fraction of sp³-hybridized carbons (Fsp3) is 0.240. The first-order valence-corrected chi connectivity index (χ1v) is 11.6. The third kappa shape index (κ3) is 7.19. The summed E-state index contributed by atoms with van der Waals surface area (Å²) in [7, 11) is 0. The molecule has 0 saturated heterocycles. The van der Waals surface area contributed by atoms with E-state index in [1.807, 2.05) is 49.4 Å². The Morgan fingerprint density at radius 1 is 1.15 bits per heavy atom. The van der Waals surface area contributed by atoms with E-state index in [0.29, 0.717) is 27.3 Å². The molecule has 3 aromatic rings. The number of anilines is 2. The first kappa shape index (κ1) is 25.0. The number of benzene rings is 2. The molecule has 34 heavy (non-hydrogen) atoms. The number of carbonyl (C=O) groups excluding carboxylic acids is 3. The molecule has 0 radical (unpaired) electrons. The molecule has 1 unspecified atom stereocenters. The van der Waals surface area contributed by atoms with Gasteiger partial charge >= 0.3 is 12.2 Å². The molecule has 1 heterocycles. The highest BCUT2D eigenvalue weighted by molar-refractivity contribution is 7.07. The Balaban J connectivity index is 0.00000103. The van der Waals surface area contributed by atoms with Gasteiger partial charge in [-0.2, -0.15) is 14.0 Å². The van der Waals surface area contributed by atoms with E-state index in [-0.39, 0.29) is 6.15 Å². The van der Waals surface area contributed by atoms with Crippen LogP contribution in [0.5, 0.6) is 0 Å². The van der Waals surface area contributed by atoms with Crippen molar-refractivity contribution in [2.45, 2.75) is 38.8 Å². The molecule has 2 aromatic carbocycles. The number of aromatic nitrogens is 1. The Hall–Kier alpha value is -3.63. The molecule has 0 spiro atoms. The van der Waals surface area contributed by atoms with Crippen LogP contribution < -0.4 is 10.6 Å². The van der Waals surface area contributed by atoms with Gasteiger partial charge in [0.1, 0.15) is 11.0 Å². The predicted molar refractivity (Wildman–Crippen MR) is 131 cm³/mol. The van der Waals surface area contributed by atoms with E-state index in [2.05, 4.69) is 26.8 Å². The molecule has 7 nitrogen and oxygen atoms in total. The maximum Gasteiger partial charge on any atom is 0.412 e. The average molecular weight is 496 g/mol. The van der Waals surface area contributed by atoms with Crippen molar-refractivity contribution < 1.29 is 19.1 Å². The van der Waals surface area contributed by atoms with Crippen molar-refractivity contribution in [1.29, 1.82) is 0 Å². The molecule has 1 amide bonds. The lowest BCUT2D eigenvalue weighted by atomic mass is 10.1. The fourth-order valence-corrected chi connectivity index (χ4v) is 4.00. The standard InChI is InChI=1S/C24H22ClN3O2S.CO2/c1-15-23(27-24(29)30-16(2)20-5-3-4-6-21(20)25)22(31-28-15)14-9-17-7-10-18(11-8-17)26-19-12-13-19;2-1-3/h3-8,10-11,16,19,26H,12-13H2,1-2H3,(H,27,29);. The van der Waals surface area contributed by atoms with Crippen molar-refractivity contribution in [3.8, 4) is 11.8 Å². The summed E-state index contributed by atoms with van der Waals surface area (Å²) in [6.45, 7) is 3.61. The zero-order valence-electron chi connectivity index (χ0n) is 18.6. The van der Waals surface area contributed by atoms with Crippen LogP contribution in [0.3, 0.4) is 0 Å². The molecule has 4 rings (SSSR count). The second-order valence-corrected chi connectivity index (χ2v) is 8.68. The van der Waals surface area contributed by atoms with Gasteiger partial charge < -0.3 is 10.1 Å². The monoisotopic (exact) mass is 495 g/mol. The number of nitrogens with one attached hydrogen (secondary N) is 2. The van der Waals surface area contributed by atoms with Gasteiger partial charge in [-0.15, -0.1) is 0 Å². The number of rotatable bonds is 5. The fourth-order valence-electron chi connectivity index (χ4n) is 3.00. The van der Waals surface area contributed by atoms with Crippen LogP contribution in [-0.2, 0) is 14.3 Å². The molecule has 1 fully saturated rings. The summed E-state index contributed by atoms with van der Waals surface area (Å²) >= 11 is 7.44. The predicted octanol–water partition coefficient (Wildman–Crippen LogP) is 5.81. The summed E-state index contributed by atoms with van der Waals surface area (Å²) in [5, 5.41) is 6.80. The number of aryl methyl sites for hydroxylation is 1. The van der Waals surface area contributed by atoms with Gasteiger partial charge in [0.15, 0.2) is 0 Å². The topological polar surface area (TPSA) is 97.4 Å². The zero-order chi connectivity index (χ0) is 24.5. The lowest BCUT2D eigenvalue weighted by Crippen LogP contribution is -2.17. The molecular formula is C25H22ClN3O4S. The van der Waals surface area contributed by atoms with Gasteiger partial charge in [-0.25, -0.2) is 4.79 Å². The zero-order valence-corrected chi connectivity index (χ0v) is 20.1. The van der Waals surface area contributed by atoms with Gasteiger partial charge in [-0.3, -0.25) is 5.32 Å². The van der Waals surface area contributed by atoms with E-state index in [1.54, 1.807) is 13.0 Å². The number of ether oxygens (including phenoxy) is 1. The molecule has 174 valence electrons. The molecule has 1 aliphatic carbocycles. The molecule has 1 atom stereocenters. The van der Waals surface area contributed by atoms with Gasteiger partial charge in [0.2, 0.25) is 0 Å². The highest BCUT2D eigenvalue weighted by atomic mass is 35.5. The highest BCUT2D eigenvalue weighted by Gasteiger charge is 2.20. The number of hydrogen-bond acceptors (Lipinski definition) is 7. The van der Waals surface area contributed by atoms with Gasteiger partial charge in [-0.05, 0) is 74.5 Å². The van der Waals surface area contributed by atoms with Crippen molar-refractivity contribution in [2.75, 3.05) is 10.6 Å². The number of carbonyl (C=O) groups is 1. The van der Waals surface area contributed by atoms with E-state index in [0.717, 1.165) is 16.8 Å². The first-order valence-electron chi connectivity index (χ1n) is 10.5. The maximum absolute atomic E-state index is 12.5. The molecule has 9 heteroatoms. The second-order valence-electron chi connectivity index (χ2n) is 7.50. The number of amides is 1. The summed E-state index contributed by atoms with van der Waals surface area (Å²) < 4.78 is 9.83. The van der Waals surface area contributed by atoms with Crippen LogP contribution in [0.2, 0.25) is 5.02 Å². The van der Waals surface area contributed by atoms with Gasteiger partial charge in [0, 0.05) is 27.9 Å². The maximum atomic E-state index is 12.5. The third-order valence-electron chi connectivity index (χ3n) is 4.87. The SMILES string of the molecule is Cc1nsc(C#Cc2ccc(NC3CC3)cc2)c1NC(=O)OC(C)c1ccccc1Cl.O=C=O. The molecule has 2 N–H and O–H groups in total. The van der Waals surface area contributed by atoms with E-state index < -0.39 is 12.2 Å². The van der Waals surface area contributed by atoms with Crippen molar-refractivity contribution in [1.82, 2.24) is 4.37 Å². The van der Waals surface area contributed by atoms with Crippen LogP contribution >= 0.6 is 23.1 Å². The Morgan fingerprint density at radius 2 is 1.82 bits per heavy atom. The Kier molecular flexibility index (Phi) is 8.83. The van der Waals surface area contributed by atoms with Crippen molar-refractivity contribution >= 4 is 46.8 Å². The second kappa shape index (κ2) is 12.0. The Morgan fingerprint density at radius 3 is 2.47 bits per heavy atom. The van der Waals surface area contributed by atoms with Crippen LogP contribution in [0.25, 0.3) is 0 Å². The summed E-state index contributed by atoms with van der Waals surface area (Å²) in [4.78, 5) is 29.4. The minimum Gasteiger partial charge on any atom is -0.441 e. The molecule has 0 aliphatic heterocycles. The lowest BCUT2D eigenvalue weighted by Gasteiger charge is -2.15. The van der Waals surface area contributed by atoms with Gasteiger partial charge in [0.25, 0.3) is 0 Å². The van der Waals surface area contributed by atoms with Crippen LogP contribution in [-0.4, -0.2) is 22.7 Å². The minimum absolute atomic E-state index is 0.250. The summed E-state index contributed by atoms with van der Waals surface area (Å²) in [5.74, 6) is 6.26. The van der Waals surface area contributed by atoms with Crippen molar-refractivity contribution in [3.05, 3.63) is 75.3 Å². The summed E-state index contributed by atoms with van der Waals surface area (Å²) in [6, 6.07) is 15.9. The van der Waals surface area contributed by atoms with E-state index in [9.17, 15) is 4.79 Å². The Labute approximate surface area is 206 Å². The largest absolute Gasteiger partial charge is 0.441 e. The van der Waals surface area contributed by atoms with Crippen molar-refractivity contribution in [2.24, 2.45) is 0 Å². The van der Waals surface area contributed by atoms with E-state index in [1.165, 1.54) is 24.4 Å². The molecule has 0 bridgehead atoms. The summed E-state index contributed by atoms with van der Waals surface area (Å²) in [6.07, 6.45) is 1.66. The Bertz CT molecular complexity index is 1240. The van der Waals surface area contributed by atoms with E-state index in [4.69, 9.17) is 25.9 Å². The smallest absolute Gasteiger partial charge is 0.412 e. The average Bonchev–Trinajstić information content (AvgIpc) is 3.57. The van der Waals surface area contributed by atoms with E-state index >= 15 is 0 Å². The quantitative estimate of drug-likeness (QED) is 0.434. The first-order chi connectivity index (χ1) is 16.4.